The molecule has 0 bridgehead atoms. The predicted octanol–water partition coefficient (Wildman–Crippen LogP) is 2.98. The topological polar surface area (TPSA) is 55.2 Å². The van der Waals surface area contributed by atoms with Gasteiger partial charge in [0.1, 0.15) is 17.2 Å². The van der Waals surface area contributed by atoms with Gasteiger partial charge in [-0.3, -0.25) is 14.2 Å². The van der Waals surface area contributed by atoms with Crippen molar-refractivity contribution in [3.63, 3.8) is 0 Å². The maximum absolute atomic E-state index is 12.7. The lowest BCUT2D eigenvalue weighted by Crippen LogP contribution is -2.38. The number of amides is 1. The summed E-state index contributed by atoms with van der Waals surface area (Å²) in [7, 11) is 0. The first-order valence-corrected chi connectivity index (χ1v) is 9.11. The normalized spacial score (nSPS) is 11.1. The molecular weight excluding hydrogens is 310 g/mol. The van der Waals surface area contributed by atoms with E-state index < -0.39 is 0 Å². The van der Waals surface area contributed by atoms with Gasteiger partial charge in [-0.15, -0.1) is 11.3 Å². The van der Waals surface area contributed by atoms with Crippen LogP contribution in [0.15, 0.2) is 10.9 Å². The molecular formula is C17H25N3O2S. The Kier molecular flexibility index (Phi) is 5.93. The van der Waals surface area contributed by atoms with E-state index >= 15 is 0 Å². The molecule has 0 spiro atoms. The molecule has 5 nitrogen and oxygen atoms in total. The van der Waals surface area contributed by atoms with Crippen LogP contribution < -0.4 is 5.56 Å². The molecule has 0 aliphatic rings. The lowest BCUT2D eigenvalue weighted by Gasteiger charge is -2.22. The minimum atomic E-state index is -0.107. The van der Waals surface area contributed by atoms with Gasteiger partial charge in [-0.05, 0) is 32.3 Å². The lowest BCUT2D eigenvalue weighted by atomic mass is 10.3. The molecule has 1 amide bonds. The molecule has 2 aromatic rings. The van der Waals surface area contributed by atoms with Gasteiger partial charge in [0.15, 0.2) is 0 Å². The highest BCUT2D eigenvalue weighted by Gasteiger charge is 2.17. The molecule has 0 aliphatic carbocycles. The molecule has 0 unspecified atom stereocenters. The van der Waals surface area contributed by atoms with Crippen LogP contribution in [0.5, 0.6) is 0 Å². The van der Waals surface area contributed by atoms with Gasteiger partial charge < -0.3 is 4.90 Å². The molecule has 23 heavy (non-hydrogen) atoms. The number of carbonyl (C=O) groups is 1. The molecule has 0 aromatic carbocycles. The highest BCUT2D eigenvalue weighted by Crippen LogP contribution is 2.21. The summed E-state index contributed by atoms with van der Waals surface area (Å²) >= 11 is 1.56. The summed E-state index contributed by atoms with van der Waals surface area (Å²) in [5.74, 6) is 0.597. The van der Waals surface area contributed by atoms with Crippen LogP contribution in [0, 0.1) is 6.92 Å². The number of carbonyl (C=O) groups excluding carboxylic acids is 1. The second kappa shape index (κ2) is 7.73. The first kappa shape index (κ1) is 17.7. The molecule has 2 rings (SSSR count). The molecule has 0 saturated heterocycles. The Morgan fingerprint density at radius 1 is 1.26 bits per heavy atom. The second-order valence-electron chi connectivity index (χ2n) is 5.72. The smallest absolute Gasteiger partial charge is 0.262 e. The highest BCUT2D eigenvalue weighted by atomic mass is 32.1. The Labute approximate surface area is 140 Å². The Bertz CT molecular complexity index is 742. The van der Waals surface area contributed by atoms with E-state index in [0.29, 0.717) is 11.2 Å². The van der Waals surface area contributed by atoms with Gasteiger partial charge in [-0.25, -0.2) is 4.98 Å². The largest absolute Gasteiger partial charge is 0.341 e. The molecule has 2 aromatic heterocycles. The van der Waals surface area contributed by atoms with Crippen LogP contribution in [0.1, 0.15) is 44.3 Å². The van der Waals surface area contributed by atoms with Gasteiger partial charge in [-0.1, -0.05) is 20.8 Å². The van der Waals surface area contributed by atoms with E-state index in [0.717, 1.165) is 42.1 Å². The minimum Gasteiger partial charge on any atom is -0.341 e. The number of rotatable bonds is 7. The lowest BCUT2D eigenvalue weighted by molar-refractivity contribution is -0.132. The van der Waals surface area contributed by atoms with Crippen molar-refractivity contribution in [2.45, 2.75) is 53.5 Å². The standard InChI is InChI=1S/C17H25N3O2S/c1-5-8-19(9-6-2)15(21)11-20-12(4)18-16-14(17(20)22)10-13(7-3)23-16/h10H,5-9,11H2,1-4H3. The first-order chi connectivity index (χ1) is 11.0. The van der Waals surface area contributed by atoms with E-state index in [-0.39, 0.29) is 18.0 Å². The molecule has 2 heterocycles. The highest BCUT2D eigenvalue weighted by molar-refractivity contribution is 7.18. The average Bonchev–Trinajstić information content (AvgIpc) is 2.94. The third-order valence-corrected chi connectivity index (χ3v) is 5.05. The van der Waals surface area contributed by atoms with E-state index in [1.807, 2.05) is 11.0 Å². The van der Waals surface area contributed by atoms with Crippen molar-refractivity contribution in [3.8, 4) is 0 Å². The number of thiophene rings is 1. The van der Waals surface area contributed by atoms with Gasteiger partial charge >= 0.3 is 0 Å². The Balaban J connectivity index is 2.35. The van der Waals surface area contributed by atoms with Gasteiger partial charge in [0.05, 0.1) is 5.39 Å². The van der Waals surface area contributed by atoms with E-state index in [9.17, 15) is 9.59 Å². The zero-order chi connectivity index (χ0) is 17.0. The van der Waals surface area contributed by atoms with Crippen molar-refractivity contribution in [2.75, 3.05) is 13.1 Å². The zero-order valence-electron chi connectivity index (χ0n) is 14.4. The molecule has 0 atom stereocenters. The summed E-state index contributed by atoms with van der Waals surface area (Å²) in [6, 6.07) is 1.91. The number of hydrogen-bond acceptors (Lipinski definition) is 4. The number of nitrogens with zero attached hydrogens (tertiary/aromatic N) is 3. The average molecular weight is 335 g/mol. The molecule has 126 valence electrons. The maximum atomic E-state index is 12.7. The third kappa shape index (κ3) is 3.80. The fraction of sp³-hybridized carbons (Fsp3) is 0.588. The van der Waals surface area contributed by atoms with E-state index in [1.54, 1.807) is 18.3 Å². The van der Waals surface area contributed by atoms with Gasteiger partial charge in [0.25, 0.3) is 5.56 Å². The van der Waals surface area contributed by atoms with Crippen molar-refractivity contribution in [1.29, 1.82) is 0 Å². The molecule has 0 saturated carbocycles. The predicted molar refractivity (Wildman–Crippen MR) is 95.2 cm³/mol. The summed E-state index contributed by atoms with van der Waals surface area (Å²) in [5.41, 5.74) is -0.107. The van der Waals surface area contributed by atoms with Gasteiger partial charge in [0, 0.05) is 18.0 Å². The summed E-state index contributed by atoms with van der Waals surface area (Å²) in [5, 5.41) is 0.628. The Morgan fingerprint density at radius 2 is 1.91 bits per heavy atom. The van der Waals surface area contributed by atoms with Crippen LogP contribution in [-0.4, -0.2) is 33.4 Å². The number of fused-ring (bicyclic) bond motifs is 1. The number of hydrogen-bond donors (Lipinski definition) is 0. The first-order valence-electron chi connectivity index (χ1n) is 8.29. The number of aromatic nitrogens is 2. The summed E-state index contributed by atoms with van der Waals surface area (Å²) < 4.78 is 1.51. The number of aryl methyl sites for hydroxylation is 2. The SMILES string of the molecule is CCCN(CCC)C(=O)Cn1c(C)nc2sc(CC)cc2c1=O. The van der Waals surface area contributed by atoms with Crippen LogP contribution in [0.4, 0.5) is 0 Å². The fourth-order valence-corrected chi connectivity index (χ4v) is 3.67. The van der Waals surface area contributed by atoms with Crippen molar-refractivity contribution < 1.29 is 4.79 Å². The monoisotopic (exact) mass is 335 g/mol. The van der Waals surface area contributed by atoms with Crippen molar-refractivity contribution in [3.05, 3.63) is 27.1 Å². The van der Waals surface area contributed by atoms with E-state index in [4.69, 9.17) is 0 Å². The van der Waals surface area contributed by atoms with E-state index in [1.165, 1.54) is 4.57 Å². The second-order valence-corrected chi connectivity index (χ2v) is 6.83. The van der Waals surface area contributed by atoms with Gasteiger partial charge in [0.2, 0.25) is 5.91 Å². The van der Waals surface area contributed by atoms with Crippen LogP contribution in [0.25, 0.3) is 10.2 Å². The zero-order valence-corrected chi connectivity index (χ0v) is 15.2. The van der Waals surface area contributed by atoms with Crippen molar-refractivity contribution in [2.24, 2.45) is 0 Å². The minimum absolute atomic E-state index is 0.00834. The van der Waals surface area contributed by atoms with Crippen molar-refractivity contribution >= 4 is 27.5 Å². The third-order valence-electron chi connectivity index (χ3n) is 3.87. The molecule has 0 aliphatic heterocycles. The quantitative estimate of drug-likeness (QED) is 0.781. The summed E-state index contributed by atoms with van der Waals surface area (Å²) in [4.78, 5) is 33.5. The Morgan fingerprint density at radius 3 is 2.48 bits per heavy atom. The van der Waals surface area contributed by atoms with Gasteiger partial charge in [-0.2, -0.15) is 0 Å². The van der Waals surface area contributed by atoms with Crippen LogP contribution in [0.3, 0.4) is 0 Å². The maximum Gasteiger partial charge on any atom is 0.262 e. The fourth-order valence-electron chi connectivity index (χ4n) is 2.66. The molecule has 6 heteroatoms. The molecule has 0 radical (unpaired) electrons. The summed E-state index contributed by atoms with van der Waals surface area (Å²) in [6.45, 7) is 9.50. The van der Waals surface area contributed by atoms with Crippen LogP contribution >= 0.6 is 11.3 Å². The van der Waals surface area contributed by atoms with E-state index in [2.05, 4.69) is 25.8 Å². The molecule has 0 fully saturated rings. The van der Waals surface area contributed by atoms with Crippen molar-refractivity contribution in [1.82, 2.24) is 14.5 Å². The summed E-state index contributed by atoms with van der Waals surface area (Å²) in [6.07, 6.45) is 2.72. The van der Waals surface area contributed by atoms with Crippen LogP contribution in [0.2, 0.25) is 0 Å². The molecule has 0 N–H and O–H groups in total. The van der Waals surface area contributed by atoms with Crippen LogP contribution in [-0.2, 0) is 17.8 Å². The Hall–Kier alpha value is -1.69.